The average Bonchev–Trinajstić information content (AvgIpc) is 2.33. The Morgan fingerprint density at radius 3 is 2.12 bits per heavy atom. The third-order valence-electron chi connectivity index (χ3n) is 2.81. The van der Waals surface area contributed by atoms with Crippen LogP contribution in [0.4, 0.5) is 0 Å². The number of carbonyl (C=O) groups is 1. The highest BCUT2D eigenvalue weighted by atomic mass is 16.1. The molecule has 0 aromatic heterocycles. The SMILES string of the molecule is Cc1ccc(C(=O)c2ccccc2)cc1C. The van der Waals surface area contributed by atoms with Gasteiger partial charge in [0.25, 0.3) is 0 Å². The van der Waals surface area contributed by atoms with Crippen LogP contribution < -0.4 is 0 Å². The molecule has 0 unspecified atom stereocenters. The van der Waals surface area contributed by atoms with E-state index in [0.717, 1.165) is 16.7 Å². The smallest absolute Gasteiger partial charge is 0.193 e. The summed E-state index contributed by atoms with van der Waals surface area (Å²) in [6.07, 6.45) is 0. The summed E-state index contributed by atoms with van der Waals surface area (Å²) in [6.45, 7) is 4.07. The Kier molecular flexibility index (Phi) is 2.86. The molecule has 1 heteroatoms. The fourth-order valence-electron chi connectivity index (χ4n) is 1.64. The Morgan fingerprint density at radius 1 is 0.812 bits per heavy atom. The van der Waals surface area contributed by atoms with Crippen LogP contribution in [-0.4, -0.2) is 5.78 Å². The molecule has 0 N–H and O–H groups in total. The highest BCUT2D eigenvalue weighted by Gasteiger charge is 2.08. The van der Waals surface area contributed by atoms with Crippen LogP contribution in [0, 0.1) is 13.8 Å². The maximum absolute atomic E-state index is 12.1. The van der Waals surface area contributed by atoms with Crippen molar-refractivity contribution in [3.05, 3.63) is 70.8 Å². The molecular weight excluding hydrogens is 196 g/mol. The molecule has 0 heterocycles. The second kappa shape index (κ2) is 4.31. The fourth-order valence-corrected chi connectivity index (χ4v) is 1.64. The van der Waals surface area contributed by atoms with Gasteiger partial charge in [-0.25, -0.2) is 0 Å². The zero-order chi connectivity index (χ0) is 11.5. The molecule has 0 aliphatic carbocycles. The summed E-state index contributed by atoms with van der Waals surface area (Å²) in [6, 6.07) is 15.2. The molecule has 16 heavy (non-hydrogen) atoms. The number of ketones is 1. The first-order valence-electron chi connectivity index (χ1n) is 5.35. The van der Waals surface area contributed by atoms with Gasteiger partial charge in [0.15, 0.2) is 5.78 Å². The van der Waals surface area contributed by atoms with E-state index in [4.69, 9.17) is 0 Å². The molecule has 0 amide bonds. The lowest BCUT2D eigenvalue weighted by Gasteiger charge is -2.04. The van der Waals surface area contributed by atoms with E-state index in [0.29, 0.717) is 0 Å². The van der Waals surface area contributed by atoms with Gasteiger partial charge in [0.05, 0.1) is 0 Å². The Morgan fingerprint density at radius 2 is 1.50 bits per heavy atom. The van der Waals surface area contributed by atoms with E-state index in [1.807, 2.05) is 62.4 Å². The highest BCUT2D eigenvalue weighted by molar-refractivity contribution is 6.09. The summed E-state index contributed by atoms with van der Waals surface area (Å²) < 4.78 is 0. The number of rotatable bonds is 2. The van der Waals surface area contributed by atoms with Crippen LogP contribution in [0.25, 0.3) is 0 Å². The van der Waals surface area contributed by atoms with Crippen molar-refractivity contribution in [1.29, 1.82) is 0 Å². The summed E-state index contributed by atoms with van der Waals surface area (Å²) in [5, 5.41) is 0. The van der Waals surface area contributed by atoms with Crippen LogP contribution in [0.1, 0.15) is 27.0 Å². The lowest BCUT2D eigenvalue weighted by molar-refractivity contribution is 0.103. The summed E-state index contributed by atoms with van der Waals surface area (Å²) in [5.41, 5.74) is 3.87. The van der Waals surface area contributed by atoms with Crippen LogP contribution in [0.2, 0.25) is 0 Å². The number of hydrogen-bond acceptors (Lipinski definition) is 1. The maximum atomic E-state index is 12.1. The van der Waals surface area contributed by atoms with E-state index in [2.05, 4.69) is 0 Å². The van der Waals surface area contributed by atoms with Crippen LogP contribution in [0.5, 0.6) is 0 Å². The van der Waals surface area contributed by atoms with Crippen LogP contribution >= 0.6 is 0 Å². The van der Waals surface area contributed by atoms with Crippen molar-refractivity contribution in [3.8, 4) is 0 Å². The van der Waals surface area contributed by atoms with Gasteiger partial charge in [-0.1, -0.05) is 42.5 Å². The summed E-state index contributed by atoms with van der Waals surface area (Å²) in [7, 11) is 0. The van der Waals surface area contributed by atoms with E-state index in [1.165, 1.54) is 5.56 Å². The van der Waals surface area contributed by atoms with Gasteiger partial charge < -0.3 is 0 Å². The third-order valence-corrected chi connectivity index (χ3v) is 2.81. The standard InChI is InChI=1S/C15H14O/c1-11-8-9-14(10-12(11)2)15(16)13-6-4-3-5-7-13/h3-10H,1-2H3. The van der Waals surface area contributed by atoms with Gasteiger partial charge in [-0.05, 0) is 31.0 Å². The van der Waals surface area contributed by atoms with Gasteiger partial charge in [0.2, 0.25) is 0 Å². The second-order valence-corrected chi connectivity index (χ2v) is 3.99. The predicted molar refractivity (Wildman–Crippen MR) is 65.8 cm³/mol. The number of benzene rings is 2. The van der Waals surface area contributed by atoms with Gasteiger partial charge in [0.1, 0.15) is 0 Å². The zero-order valence-corrected chi connectivity index (χ0v) is 9.53. The molecule has 2 rings (SSSR count). The fraction of sp³-hybridized carbons (Fsp3) is 0.133. The molecule has 0 aliphatic heterocycles. The lowest BCUT2D eigenvalue weighted by atomic mass is 9.99. The van der Waals surface area contributed by atoms with Crippen LogP contribution in [0.3, 0.4) is 0 Å². The average molecular weight is 210 g/mol. The van der Waals surface area contributed by atoms with Crippen molar-refractivity contribution in [1.82, 2.24) is 0 Å². The van der Waals surface area contributed by atoms with Crippen molar-refractivity contribution in [2.45, 2.75) is 13.8 Å². The van der Waals surface area contributed by atoms with E-state index in [9.17, 15) is 4.79 Å². The third kappa shape index (κ3) is 2.03. The Balaban J connectivity index is 2.39. The van der Waals surface area contributed by atoms with Crippen LogP contribution in [-0.2, 0) is 0 Å². The van der Waals surface area contributed by atoms with Crippen LogP contribution in [0.15, 0.2) is 48.5 Å². The van der Waals surface area contributed by atoms with Crippen molar-refractivity contribution < 1.29 is 4.79 Å². The molecule has 0 aliphatic rings. The van der Waals surface area contributed by atoms with E-state index in [1.54, 1.807) is 0 Å². The van der Waals surface area contributed by atoms with Crippen molar-refractivity contribution in [2.24, 2.45) is 0 Å². The Bertz CT molecular complexity index is 512. The van der Waals surface area contributed by atoms with Crippen molar-refractivity contribution in [3.63, 3.8) is 0 Å². The molecule has 2 aromatic rings. The van der Waals surface area contributed by atoms with E-state index >= 15 is 0 Å². The number of hydrogen-bond donors (Lipinski definition) is 0. The zero-order valence-electron chi connectivity index (χ0n) is 9.53. The minimum absolute atomic E-state index is 0.0868. The quantitative estimate of drug-likeness (QED) is 0.693. The minimum Gasteiger partial charge on any atom is -0.289 e. The molecule has 0 radical (unpaired) electrons. The first-order chi connectivity index (χ1) is 7.68. The molecule has 0 spiro atoms. The molecule has 1 nitrogen and oxygen atoms in total. The molecular formula is C15H14O. The molecule has 0 saturated heterocycles. The molecule has 80 valence electrons. The van der Waals surface area contributed by atoms with Gasteiger partial charge in [-0.3, -0.25) is 4.79 Å². The first-order valence-corrected chi connectivity index (χ1v) is 5.35. The number of aryl methyl sites for hydroxylation is 2. The summed E-state index contributed by atoms with van der Waals surface area (Å²) >= 11 is 0. The largest absolute Gasteiger partial charge is 0.289 e. The Labute approximate surface area is 95.7 Å². The van der Waals surface area contributed by atoms with Crippen molar-refractivity contribution in [2.75, 3.05) is 0 Å². The molecule has 0 saturated carbocycles. The van der Waals surface area contributed by atoms with Gasteiger partial charge >= 0.3 is 0 Å². The van der Waals surface area contributed by atoms with Gasteiger partial charge in [-0.15, -0.1) is 0 Å². The van der Waals surface area contributed by atoms with E-state index in [-0.39, 0.29) is 5.78 Å². The Hall–Kier alpha value is -1.89. The van der Waals surface area contributed by atoms with E-state index < -0.39 is 0 Å². The van der Waals surface area contributed by atoms with Gasteiger partial charge in [0, 0.05) is 11.1 Å². The second-order valence-electron chi connectivity index (χ2n) is 3.99. The maximum Gasteiger partial charge on any atom is 0.193 e. The molecule has 0 bridgehead atoms. The van der Waals surface area contributed by atoms with Gasteiger partial charge in [-0.2, -0.15) is 0 Å². The molecule has 0 fully saturated rings. The molecule has 0 atom stereocenters. The highest BCUT2D eigenvalue weighted by Crippen LogP contribution is 2.14. The topological polar surface area (TPSA) is 17.1 Å². The summed E-state index contributed by atoms with van der Waals surface area (Å²) in [4.78, 5) is 12.1. The predicted octanol–water partition coefficient (Wildman–Crippen LogP) is 3.53. The normalized spacial score (nSPS) is 10.1. The lowest BCUT2D eigenvalue weighted by Crippen LogP contribution is -2.01. The molecule has 2 aromatic carbocycles. The minimum atomic E-state index is 0.0868. The first kappa shape index (κ1) is 10.6. The monoisotopic (exact) mass is 210 g/mol. The summed E-state index contributed by atoms with van der Waals surface area (Å²) in [5.74, 6) is 0.0868. The number of carbonyl (C=O) groups excluding carboxylic acids is 1. The van der Waals surface area contributed by atoms with Crippen molar-refractivity contribution >= 4 is 5.78 Å².